The number of hydrogen-bond acceptors (Lipinski definition) is 5. The lowest BCUT2D eigenvalue weighted by atomic mass is 9.80. The number of esters is 2. The van der Waals surface area contributed by atoms with Crippen LogP contribution in [-0.4, -0.2) is 35.4 Å². The summed E-state index contributed by atoms with van der Waals surface area (Å²) in [6.07, 6.45) is 13.2. The Morgan fingerprint density at radius 1 is 1.00 bits per heavy atom. The second kappa shape index (κ2) is 10.1. The number of unbranched alkanes of at least 4 members (excludes halogenated alkanes) is 9. The SMILES string of the molecule is CCCCCCCCCCCCC1C(=O)O[C@@H](CO)[C@@]12CCC(=O)O2. The average Bonchev–Trinajstić information content (AvgIpc) is 3.11. The third kappa shape index (κ3) is 5.19. The Kier molecular flexibility index (Phi) is 8.20. The maximum absolute atomic E-state index is 12.2. The van der Waals surface area contributed by atoms with Gasteiger partial charge in [0, 0.05) is 12.8 Å². The Morgan fingerprint density at radius 3 is 2.12 bits per heavy atom. The summed E-state index contributed by atoms with van der Waals surface area (Å²) in [5.41, 5.74) is -0.914. The van der Waals surface area contributed by atoms with E-state index < -0.39 is 17.6 Å². The van der Waals surface area contributed by atoms with Gasteiger partial charge < -0.3 is 14.6 Å². The monoisotopic (exact) mass is 354 g/mol. The van der Waals surface area contributed by atoms with Crippen LogP contribution in [0, 0.1) is 5.92 Å². The molecule has 1 unspecified atom stereocenters. The van der Waals surface area contributed by atoms with Gasteiger partial charge in [-0.3, -0.25) is 9.59 Å². The van der Waals surface area contributed by atoms with Crippen molar-refractivity contribution in [2.75, 3.05) is 6.61 Å². The van der Waals surface area contributed by atoms with Crippen molar-refractivity contribution in [1.29, 1.82) is 0 Å². The van der Waals surface area contributed by atoms with Gasteiger partial charge in [-0.05, 0) is 6.42 Å². The Hall–Kier alpha value is -1.10. The first-order chi connectivity index (χ1) is 12.1. The van der Waals surface area contributed by atoms with Crippen LogP contribution in [0.1, 0.15) is 90.4 Å². The maximum atomic E-state index is 12.2. The summed E-state index contributed by atoms with van der Waals surface area (Å²) in [4.78, 5) is 23.8. The van der Waals surface area contributed by atoms with Crippen molar-refractivity contribution >= 4 is 11.9 Å². The Morgan fingerprint density at radius 2 is 1.60 bits per heavy atom. The number of hydrogen-bond donors (Lipinski definition) is 1. The molecule has 1 spiro atoms. The molecule has 0 saturated carbocycles. The molecule has 3 atom stereocenters. The highest BCUT2D eigenvalue weighted by Crippen LogP contribution is 2.45. The number of carbonyl (C=O) groups is 2. The van der Waals surface area contributed by atoms with Crippen LogP contribution in [0.3, 0.4) is 0 Å². The van der Waals surface area contributed by atoms with E-state index in [0.717, 1.165) is 12.8 Å². The normalized spacial score (nSPS) is 28.6. The van der Waals surface area contributed by atoms with Gasteiger partial charge in [-0.15, -0.1) is 0 Å². The van der Waals surface area contributed by atoms with Crippen molar-refractivity contribution < 1.29 is 24.2 Å². The molecule has 0 amide bonds. The van der Waals surface area contributed by atoms with Crippen LogP contribution in [0.2, 0.25) is 0 Å². The molecule has 2 heterocycles. The summed E-state index contributed by atoms with van der Waals surface area (Å²) in [6.45, 7) is 1.95. The maximum Gasteiger partial charge on any atom is 0.313 e. The topological polar surface area (TPSA) is 72.8 Å². The van der Waals surface area contributed by atoms with Crippen LogP contribution in [0.15, 0.2) is 0 Å². The molecule has 0 aromatic rings. The Bertz CT molecular complexity index is 436. The molecule has 144 valence electrons. The van der Waals surface area contributed by atoms with E-state index in [2.05, 4.69) is 6.92 Å². The first-order valence-corrected chi connectivity index (χ1v) is 10.2. The molecule has 0 aliphatic carbocycles. The fraction of sp³-hybridized carbons (Fsp3) is 0.900. The minimum absolute atomic E-state index is 0.284. The van der Waals surface area contributed by atoms with Crippen LogP contribution in [0.4, 0.5) is 0 Å². The van der Waals surface area contributed by atoms with Gasteiger partial charge in [0.15, 0.2) is 11.7 Å². The molecule has 0 radical (unpaired) electrons. The van der Waals surface area contributed by atoms with Crippen molar-refractivity contribution in [1.82, 2.24) is 0 Å². The summed E-state index contributed by atoms with van der Waals surface area (Å²) in [5.74, 6) is -1.01. The Balaban J connectivity index is 1.66. The van der Waals surface area contributed by atoms with Gasteiger partial charge in [0.2, 0.25) is 0 Å². The quantitative estimate of drug-likeness (QED) is 0.425. The minimum Gasteiger partial charge on any atom is -0.455 e. The van der Waals surface area contributed by atoms with E-state index in [0.29, 0.717) is 19.3 Å². The Labute approximate surface area is 151 Å². The second-order valence-electron chi connectivity index (χ2n) is 7.56. The van der Waals surface area contributed by atoms with E-state index in [4.69, 9.17) is 9.47 Å². The summed E-state index contributed by atoms with van der Waals surface area (Å²) in [5, 5.41) is 9.49. The van der Waals surface area contributed by atoms with E-state index in [1.54, 1.807) is 0 Å². The molecule has 0 bridgehead atoms. The average molecular weight is 354 g/mol. The molecule has 5 heteroatoms. The van der Waals surface area contributed by atoms with Crippen molar-refractivity contribution in [3.05, 3.63) is 0 Å². The number of rotatable bonds is 12. The first kappa shape index (κ1) is 20.2. The van der Waals surface area contributed by atoms with Gasteiger partial charge in [-0.25, -0.2) is 0 Å². The van der Waals surface area contributed by atoms with Crippen LogP contribution < -0.4 is 0 Å². The number of cyclic esters (lactones) is 1. The molecular formula is C20H34O5. The van der Waals surface area contributed by atoms with Gasteiger partial charge in [0.05, 0.1) is 6.61 Å². The zero-order chi connectivity index (χ0) is 18.1. The summed E-state index contributed by atoms with van der Waals surface area (Å²) in [6, 6.07) is 0. The van der Waals surface area contributed by atoms with E-state index in [1.165, 1.54) is 51.4 Å². The van der Waals surface area contributed by atoms with Crippen molar-refractivity contribution in [3.8, 4) is 0 Å². The molecular weight excluding hydrogens is 320 g/mol. The van der Waals surface area contributed by atoms with Gasteiger partial charge >= 0.3 is 11.9 Å². The molecule has 2 aliphatic heterocycles. The van der Waals surface area contributed by atoms with Crippen LogP contribution in [0.5, 0.6) is 0 Å². The smallest absolute Gasteiger partial charge is 0.313 e. The van der Waals surface area contributed by atoms with E-state index >= 15 is 0 Å². The van der Waals surface area contributed by atoms with Crippen molar-refractivity contribution in [3.63, 3.8) is 0 Å². The van der Waals surface area contributed by atoms with E-state index in [9.17, 15) is 14.7 Å². The molecule has 0 aromatic carbocycles. The highest BCUT2D eigenvalue weighted by atomic mass is 16.6. The predicted octanol–water partition coefficient (Wildman–Crippen LogP) is 3.91. The number of ether oxygens (including phenoxy) is 2. The fourth-order valence-electron chi connectivity index (χ4n) is 4.22. The van der Waals surface area contributed by atoms with Crippen LogP contribution in [0.25, 0.3) is 0 Å². The lowest BCUT2D eigenvalue weighted by molar-refractivity contribution is -0.158. The molecule has 2 fully saturated rings. The summed E-state index contributed by atoms with van der Waals surface area (Å²) in [7, 11) is 0. The van der Waals surface area contributed by atoms with Crippen molar-refractivity contribution in [2.45, 2.75) is 102 Å². The zero-order valence-electron chi connectivity index (χ0n) is 15.6. The summed E-state index contributed by atoms with van der Waals surface area (Å²) >= 11 is 0. The van der Waals surface area contributed by atoms with Crippen molar-refractivity contribution in [2.24, 2.45) is 5.92 Å². The minimum atomic E-state index is -0.914. The number of aliphatic hydroxyl groups is 1. The van der Waals surface area contributed by atoms with Crippen LogP contribution in [-0.2, 0) is 19.1 Å². The zero-order valence-corrected chi connectivity index (χ0v) is 15.6. The second-order valence-corrected chi connectivity index (χ2v) is 7.56. The van der Waals surface area contributed by atoms with E-state index in [-0.39, 0.29) is 18.5 Å². The number of carbonyl (C=O) groups excluding carboxylic acids is 2. The molecule has 2 rings (SSSR count). The molecule has 2 saturated heterocycles. The largest absolute Gasteiger partial charge is 0.455 e. The first-order valence-electron chi connectivity index (χ1n) is 10.2. The standard InChI is InChI=1S/C20H34O5/c1-2-3-4-5-6-7-8-9-10-11-12-16-19(23)24-17(15-21)20(16)14-13-18(22)25-20/h16-17,21H,2-15H2,1H3/t16?,17-,20+/m0/s1. The third-order valence-electron chi connectivity index (χ3n) is 5.71. The molecule has 2 aliphatic rings. The number of aliphatic hydroxyl groups excluding tert-OH is 1. The van der Waals surface area contributed by atoms with Gasteiger partial charge in [0.1, 0.15) is 5.92 Å². The van der Waals surface area contributed by atoms with Gasteiger partial charge in [-0.1, -0.05) is 71.1 Å². The highest BCUT2D eigenvalue weighted by Gasteiger charge is 2.61. The molecule has 1 N–H and O–H groups in total. The highest BCUT2D eigenvalue weighted by molar-refractivity contribution is 5.81. The van der Waals surface area contributed by atoms with Crippen LogP contribution >= 0.6 is 0 Å². The lowest BCUT2D eigenvalue weighted by Crippen LogP contribution is -2.45. The fourth-order valence-corrected chi connectivity index (χ4v) is 4.22. The third-order valence-corrected chi connectivity index (χ3v) is 5.71. The lowest BCUT2D eigenvalue weighted by Gasteiger charge is -2.30. The van der Waals surface area contributed by atoms with E-state index in [1.807, 2.05) is 0 Å². The molecule has 25 heavy (non-hydrogen) atoms. The van der Waals surface area contributed by atoms with Gasteiger partial charge in [-0.2, -0.15) is 0 Å². The molecule has 0 aromatic heterocycles. The molecule has 5 nitrogen and oxygen atoms in total. The summed E-state index contributed by atoms with van der Waals surface area (Å²) < 4.78 is 10.8. The predicted molar refractivity (Wildman–Crippen MR) is 95.0 cm³/mol. The van der Waals surface area contributed by atoms with Gasteiger partial charge in [0.25, 0.3) is 0 Å².